The van der Waals surface area contributed by atoms with E-state index in [1.165, 1.54) is 6.07 Å². The van der Waals surface area contributed by atoms with Crippen LogP contribution < -0.4 is 10.5 Å². The number of aromatic nitrogens is 2. The first-order valence-electron chi connectivity index (χ1n) is 6.80. The highest BCUT2D eigenvalue weighted by Crippen LogP contribution is 2.30. The normalized spacial score (nSPS) is 10.7. The minimum absolute atomic E-state index is 0.0969. The van der Waals surface area contributed by atoms with Crippen molar-refractivity contribution in [1.82, 2.24) is 10.2 Å². The molecule has 2 N–H and O–H groups in total. The average Bonchev–Trinajstić information content (AvgIpc) is 2.50. The van der Waals surface area contributed by atoms with Crippen molar-refractivity contribution in [2.75, 3.05) is 0 Å². The van der Waals surface area contributed by atoms with E-state index in [1.54, 1.807) is 12.1 Å². The molecule has 4 nitrogen and oxygen atoms in total. The van der Waals surface area contributed by atoms with E-state index >= 15 is 0 Å². The van der Waals surface area contributed by atoms with Crippen LogP contribution in [0.5, 0.6) is 11.6 Å². The van der Waals surface area contributed by atoms with Gasteiger partial charge in [0.15, 0.2) is 11.6 Å². The first-order valence-corrected chi connectivity index (χ1v) is 7.60. The van der Waals surface area contributed by atoms with Crippen molar-refractivity contribution in [2.45, 2.75) is 33.2 Å². The Labute approximate surface area is 131 Å². The van der Waals surface area contributed by atoms with Gasteiger partial charge in [-0.05, 0) is 36.6 Å². The third-order valence-corrected chi connectivity index (χ3v) is 3.72. The van der Waals surface area contributed by atoms with Gasteiger partial charge in [-0.2, -0.15) is 5.10 Å². The second-order valence-electron chi connectivity index (χ2n) is 4.50. The van der Waals surface area contributed by atoms with Gasteiger partial charge in [-0.1, -0.05) is 29.8 Å². The second-order valence-corrected chi connectivity index (χ2v) is 5.41. The van der Waals surface area contributed by atoms with Gasteiger partial charge >= 0.3 is 0 Å². The molecule has 1 heterocycles. The largest absolute Gasteiger partial charge is 0.434 e. The summed E-state index contributed by atoms with van der Waals surface area (Å²) in [5, 5.41) is 8.22. The van der Waals surface area contributed by atoms with E-state index < -0.39 is 5.82 Å². The summed E-state index contributed by atoms with van der Waals surface area (Å²) >= 11 is 3.29. The zero-order valence-electron chi connectivity index (χ0n) is 12.0. The summed E-state index contributed by atoms with van der Waals surface area (Å²) in [5.41, 5.74) is 8.53. The van der Waals surface area contributed by atoms with Crippen LogP contribution in [-0.2, 0) is 19.4 Å². The number of ether oxygens (including phenoxy) is 1. The first-order chi connectivity index (χ1) is 10.1. The molecule has 0 radical (unpaired) electrons. The van der Waals surface area contributed by atoms with E-state index in [0.29, 0.717) is 0 Å². The van der Waals surface area contributed by atoms with E-state index in [4.69, 9.17) is 10.5 Å². The molecule has 0 aliphatic heterocycles. The molecule has 112 valence electrons. The quantitative estimate of drug-likeness (QED) is 0.888. The van der Waals surface area contributed by atoms with Crippen molar-refractivity contribution in [3.8, 4) is 11.6 Å². The van der Waals surface area contributed by atoms with Crippen molar-refractivity contribution in [1.29, 1.82) is 0 Å². The van der Waals surface area contributed by atoms with Gasteiger partial charge in [-0.3, -0.25) is 0 Å². The molecule has 1 aromatic heterocycles. The fourth-order valence-electron chi connectivity index (χ4n) is 2.18. The van der Waals surface area contributed by atoms with Gasteiger partial charge in [-0.25, -0.2) is 4.39 Å². The molecule has 0 bridgehead atoms. The molecule has 2 rings (SSSR count). The van der Waals surface area contributed by atoms with Crippen molar-refractivity contribution in [3.63, 3.8) is 0 Å². The predicted octanol–water partition coefficient (Wildman–Crippen LogP) is 3.75. The highest BCUT2D eigenvalue weighted by atomic mass is 79.9. The molecule has 21 heavy (non-hydrogen) atoms. The zero-order chi connectivity index (χ0) is 15.4. The van der Waals surface area contributed by atoms with Crippen LogP contribution in [0.1, 0.15) is 30.7 Å². The van der Waals surface area contributed by atoms with E-state index in [-0.39, 0.29) is 18.2 Å². The summed E-state index contributed by atoms with van der Waals surface area (Å²) in [6.07, 6.45) is 1.55. The minimum Gasteiger partial charge on any atom is -0.434 e. The number of aryl methyl sites for hydroxylation is 1. The number of hydrogen-bond acceptors (Lipinski definition) is 4. The molecular weight excluding hydrogens is 337 g/mol. The van der Waals surface area contributed by atoms with Crippen LogP contribution in [0, 0.1) is 5.82 Å². The smallest absolute Gasteiger partial charge is 0.243 e. The molecule has 0 aliphatic carbocycles. The van der Waals surface area contributed by atoms with Crippen LogP contribution in [0.3, 0.4) is 0 Å². The van der Waals surface area contributed by atoms with Gasteiger partial charge in [0.05, 0.1) is 5.69 Å². The third kappa shape index (κ3) is 3.39. The molecule has 0 saturated heterocycles. The Morgan fingerprint density at radius 3 is 2.57 bits per heavy atom. The maximum Gasteiger partial charge on any atom is 0.243 e. The summed E-state index contributed by atoms with van der Waals surface area (Å²) in [7, 11) is 0. The van der Waals surface area contributed by atoms with Crippen molar-refractivity contribution in [3.05, 3.63) is 45.3 Å². The minimum atomic E-state index is -0.458. The van der Waals surface area contributed by atoms with Gasteiger partial charge in [0.2, 0.25) is 5.88 Å². The lowest BCUT2D eigenvalue weighted by Gasteiger charge is -2.14. The van der Waals surface area contributed by atoms with E-state index in [1.807, 2.05) is 13.8 Å². The molecule has 1 aromatic carbocycles. The third-order valence-electron chi connectivity index (χ3n) is 3.22. The van der Waals surface area contributed by atoms with Crippen molar-refractivity contribution in [2.24, 2.45) is 5.73 Å². The summed E-state index contributed by atoms with van der Waals surface area (Å²) in [5.74, 6) is -0.0937. The lowest BCUT2D eigenvalue weighted by atomic mass is 10.0. The first kappa shape index (κ1) is 15.9. The molecule has 0 spiro atoms. The highest BCUT2D eigenvalue weighted by Gasteiger charge is 2.16. The monoisotopic (exact) mass is 353 g/mol. The zero-order valence-corrected chi connectivity index (χ0v) is 13.6. The van der Waals surface area contributed by atoms with Crippen LogP contribution in [0.15, 0.2) is 22.7 Å². The van der Waals surface area contributed by atoms with Crippen LogP contribution in [0.4, 0.5) is 4.39 Å². The number of halogens is 2. The predicted molar refractivity (Wildman–Crippen MR) is 82.9 cm³/mol. The maximum absolute atomic E-state index is 13.8. The molecule has 0 saturated carbocycles. The number of hydrogen-bond donors (Lipinski definition) is 1. The summed E-state index contributed by atoms with van der Waals surface area (Å²) < 4.78 is 20.1. The molecular formula is C15H17BrFN3O. The van der Waals surface area contributed by atoms with Gasteiger partial charge < -0.3 is 10.5 Å². The molecule has 0 amide bonds. The van der Waals surface area contributed by atoms with Gasteiger partial charge in [-0.15, -0.1) is 5.10 Å². The topological polar surface area (TPSA) is 61.0 Å². The maximum atomic E-state index is 13.8. The lowest BCUT2D eigenvalue weighted by Crippen LogP contribution is -2.10. The average molecular weight is 354 g/mol. The fourth-order valence-corrected chi connectivity index (χ4v) is 2.52. The highest BCUT2D eigenvalue weighted by molar-refractivity contribution is 9.10. The van der Waals surface area contributed by atoms with Gasteiger partial charge in [0.25, 0.3) is 0 Å². The summed E-state index contributed by atoms with van der Waals surface area (Å²) in [4.78, 5) is 0. The second kappa shape index (κ2) is 6.95. The Kier molecular flexibility index (Phi) is 5.25. The van der Waals surface area contributed by atoms with E-state index in [9.17, 15) is 4.39 Å². The molecule has 2 aromatic rings. The summed E-state index contributed by atoms with van der Waals surface area (Å²) in [6.45, 7) is 4.31. The Balaban J connectivity index is 2.47. The Morgan fingerprint density at radius 1 is 1.19 bits per heavy atom. The standard InChI is InChI=1S/C15H17BrFN3O/c1-3-10-11(8-18)15(20-19-13(10)4-2)21-14-7-9(16)5-6-12(14)17/h5-7H,3-4,8,18H2,1-2H3. The molecule has 0 aliphatic rings. The SMILES string of the molecule is CCc1nnc(Oc2cc(Br)ccc2F)c(CN)c1CC. The lowest BCUT2D eigenvalue weighted by molar-refractivity contribution is 0.414. The molecule has 0 fully saturated rings. The van der Waals surface area contributed by atoms with Crippen LogP contribution in [-0.4, -0.2) is 10.2 Å². The van der Waals surface area contributed by atoms with E-state index in [0.717, 1.165) is 34.1 Å². The Morgan fingerprint density at radius 2 is 1.95 bits per heavy atom. The van der Waals surface area contributed by atoms with Crippen LogP contribution >= 0.6 is 15.9 Å². The number of nitrogens with two attached hydrogens (primary N) is 1. The summed E-state index contributed by atoms with van der Waals surface area (Å²) in [6, 6.07) is 4.49. The molecule has 0 atom stereocenters. The fraction of sp³-hybridized carbons (Fsp3) is 0.333. The van der Waals surface area contributed by atoms with Crippen molar-refractivity contribution < 1.29 is 9.13 Å². The number of nitrogens with zero attached hydrogens (tertiary/aromatic N) is 2. The van der Waals surface area contributed by atoms with Crippen LogP contribution in [0.2, 0.25) is 0 Å². The van der Waals surface area contributed by atoms with Crippen molar-refractivity contribution >= 4 is 15.9 Å². The van der Waals surface area contributed by atoms with Gasteiger partial charge in [0.1, 0.15) is 0 Å². The Bertz CT molecular complexity index is 649. The Hall–Kier alpha value is -1.53. The van der Waals surface area contributed by atoms with Gasteiger partial charge in [0, 0.05) is 16.6 Å². The number of benzene rings is 1. The number of rotatable bonds is 5. The van der Waals surface area contributed by atoms with Crippen LogP contribution in [0.25, 0.3) is 0 Å². The molecule has 0 unspecified atom stereocenters. The molecule has 6 heteroatoms. The van der Waals surface area contributed by atoms with E-state index in [2.05, 4.69) is 26.1 Å².